The second-order valence-electron chi connectivity index (χ2n) is 5.07. The van der Waals surface area contributed by atoms with Crippen LogP contribution in [0.2, 0.25) is 0 Å². The van der Waals surface area contributed by atoms with Crippen molar-refractivity contribution in [2.75, 3.05) is 0 Å². The molecule has 3 rings (SSSR count). The number of aromatic hydroxyl groups is 1. The minimum atomic E-state index is -1.56. The summed E-state index contributed by atoms with van der Waals surface area (Å²) in [6.07, 6.45) is 0. The number of hydrogen-bond acceptors (Lipinski definition) is 3. The number of hydrogen-bond donors (Lipinski definition) is 2. The number of benzene rings is 2. The summed E-state index contributed by atoms with van der Waals surface area (Å²) in [5, 5.41) is 19.2. The minimum Gasteiger partial charge on any atom is -0.506 e. The van der Waals surface area contributed by atoms with Gasteiger partial charge < -0.3 is 14.8 Å². The van der Waals surface area contributed by atoms with Gasteiger partial charge in [0.05, 0.1) is 12.1 Å². The van der Waals surface area contributed by atoms with E-state index in [2.05, 4.69) is 0 Å². The van der Waals surface area contributed by atoms with E-state index in [0.717, 1.165) is 17.7 Å². The molecule has 3 aromatic rings. The molecule has 0 unspecified atom stereocenters. The molecule has 0 bridgehead atoms. The second kappa shape index (κ2) is 5.57. The molecule has 1 aromatic heterocycles. The average Bonchev–Trinajstić information content (AvgIpc) is 2.52. The van der Waals surface area contributed by atoms with Crippen molar-refractivity contribution >= 4 is 16.9 Å². The molecule has 0 saturated carbocycles. The summed E-state index contributed by atoms with van der Waals surface area (Å²) in [6.45, 7) is 0.113. The molecule has 0 radical (unpaired) electrons. The number of nitrogens with zero attached hydrogens (tertiary/aromatic N) is 1. The van der Waals surface area contributed by atoms with E-state index in [1.807, 2.05) is 6.07 Å². The fraction of sp³-hybridized carbons (Fsp3) is 0.0588. The van der Waals surface area contributed by atoms with Gasteiger partial charge in [0.15, 0.2) is 5.56 Å². The first-order valence-electron chi connectivity index (χ1n) is 6.81. The number of pyridine rings is 1. The molecule has 5 nitrogen and oxygen atoms in total. The smallest absolute Gasteiger partial charge is 0.345 e. The SMILES string of the molecule is O=C(O)c1c(O)c2cc(F)ccc2n(Cc2ccccc2)c1=O. The van der Waals surface area contributed by atoms with Crippen LogP contribution in [-0.2, 0) is 6.54 Å². The zero-order valence-corrected chi connectivity index (χ0v) is 11.9. The zero-order valence-electron chi connectivity index (χ0n) is 11.9. The summed E-state index contributed by atoms with van der Waals surface area (Å²) in [5.41, 5.74) is -0.554. The van der Waals surface area contributed by atoms with E-state index in [1.54, 1.807) is 24.3 Å². The molecular weight excluding hydrogens is 301 g/mol. The third kappa shape index (κ3) is 2.55. The molecule has 0 aliphatic carbocycles. The van der Waals surface area contributed by atoms with Gasteiger partial charge in [0.25, 0.3) is 5.56 Å². The van der Waals surface area contributed by atoms with E-state index < -0.39 is 28.7 Å². The lowest BCUT2D eigenvalue weighted by Crippen LogP contribution is -2.27. The Morgan fingerprint density at radius 1 is 1.13 bits per heavy atom. The van der Waals surface area contributed by atoms with Crippen LogP contribution in [0.5, 0.6) is 5.75 Å². The van der Waals surface area contributed by atoms with Crippen molar-refractivity contribution in [3.05, 3.63) is 75.8 Å². The molecule has 23 heavy (non-hydrogen) atoms. The van der Waals surface area contributed by atoms with Crippen molar-refractivity contribution in [3.63, 3.8) is 0 Å². The van der Waals surface area contributed by atoms with Crippen LogP contribution < -0.4 is 5.56 Å². The number of rotatable bonds is 3. The van der Waals surface area contributed by atoms with Gasteiger partial charge in [0, 0.05) is 5.39 Å². The molecule has 0 saturated heterocycles. The topological polar surface area (TPSA) is 79.5 Å². The monoisotopic (exact) mass is 313 g/mol. The Morgan fingerprint density at radius 2 is 1.83 bits per heavy atom. The molecule has 1 heterocycles. The molecule has 0 spiro atoms. The Balaban J connectivity index is 2.35. The Morgan fingerprint density at radius 3 is 2.48 bits per heavy atom. The van der Waals surface area contributed by atoms with Crippen LogP contribution in [0.25, 0.3) is 10.9 Å². The van der Waals surface area contributed by atoms with E-state index in [0.29, 0.717) is 0 Å². The Hall–Kier alpha value is -3.15. The summed E-state index contributed by atoms with van der Waals surface area (Å²) in [5.74, 6) is -2.91. The Labute approximate surface area is 129 Å². The number of aromatic nitrogens is 1. The first kappa shape index (κ1) is 14.8. The summed E-state index contributed by atoms with van der Waals surface area (Å²) >= 11 is 0. The first-order chi connectivity index (χ1) is 11.0. The van der Waals surface area contributed by atoms with Crippen LogP contribution in [0.15, 0.2) is 53.3 Å². The average molecular weight is 313 g/mol. The van der Waals surface area contributed by atoms with Crippen molar-refractivity contribution in [2.45, 2.75) is 6.54 Å². The minimum absolute atomic E-state index is 0.0158. The number of carbonyl (C=O) groups is 1. The van der Waals surface area contributed by atoms with Gasteiger partial charge in [-0.15, -0.1) is 0 Å². The van der Waals surface area contributed by atoms with Crippen LogP contribution >= 0.6 is 0 Å². The van der Waals surface area contributed by atoms with Gasteiger partial charge >= 0.3 is 5.97 Å². The zero-order chi connectivity index (χ0) is 16.6. The molecule has 6 heteroatoms. The summed E-state index contributed by atoms with van der Waals surface area (Å²) in [6, 6.07) is 12.5. The Bertz CT molecular complexity index is 964. The largest absolute Gasteiger partial charge is 0.506 e. The maximum absolute atomic E-state index is 13.5. The van der Waals surface area contributed by atoms with Gasteiger partial charge in [-0.2, -0.15) is 0 Å². The first-order valence-corrected chi connectivity index (χ1v) is 6.81. The van der Waals surface area contributed by atoms with Gasteiger partial charge in [-0.25, -0.2) is 9.18 Å². The van der Waals surface area contributed by atoms with Crippen LogP contribution in [0, 0.1) is 5.82 Å². The number of fused-ring (bicyclic) bond motifs is 1. The number of carboxylic acids is 1. The van der Waals surface area contributed by atoms with E-state index in [1.165, 1.54) is 10.6 Å². The number of carboxylic acid groups (broad SMARTS) is 1. The molecule has 0 atom stereocenters. The standard InChI is InChI=1S/C17H12FNO4/c18-11-6-7-13-12(8-11)15(20)14(17(22)23)16(21)19(13)9-10-4-2-1-3-5-10/h1-8,20H,9H2,(H,22,23). The normalized spacial score (nSPS) is 10.8. The van der Waals surface area contributed by atoms with Crippen LogP contribution in [0.1, 0.15) is 15.9 Å². The highest BCUT2D eigenvalue weighted by molar-refractivity contribution is 5.98. The van der Waals surface area contributed by atoms with E-state index in [9.17, 15) is 24.2 Å². The van der Waals surface area contributed by atoms with Gasteiger partial charge in [-0.1, -0.05) is 30.3 Å². The summed E-state index contributed by atoms with van der Waals surface area (Å²) in [7, 11) is 0. The van der Waals surface area contributed by atoms with Crippen LogP contribution in [-0.4, -0.2) is 20.7 Å². The third-order valence-corrected chi connectivity index (χ3v) is 3.60. The van der Waals surface area contributed by atoms with Gasteiger partial charge in [0.1, 0.15) is 11.6 Å². The second-order valence-corrected chi connectivity index (χ2v) is 5.07. The lowest BCUT2D eigenvalue weighted by molar-refractivity contribution is 0.0691. The van der Waals surface area contributed by atoms with Gasteiger partial charge in [0.2, 0.25) is 0 Å². The molecule has 2 N–H and O–H groups in total. The molecule has 2 aromatic carbocycles. The maximum atomic E-state index is 13.5. The van der Waals surface area contributed by atoms with Crippen molar-refractivity contribution in [3.8, 4) is 5.75 Å². The fourth-order valence-electron chi connectivity index (χ4n) is 2.53. The highest BCUT2D eigenvalue weighted by Crippen LogP contribution is 2.27. The molecule has 0 fully saturated rings. The molecule has 0 aliphatic rings. The van der Waals surface area contributed by atoms with Crippen LogP contribution in [0.3, 0.4) is 0 Å². The summed E-state index contributed by atoms with van der Waals surface area (Å²) < 4.78 is 14.7. The predicted octanol–water partition coefficient (Wildman–Crippen LogP) is 2.59. The van der Waals surface area contributed by atoms with Gasteiger partial charge in [-0.05, 0) is 23.8 Å². The van der Waals surface area contributed by atoms with Crippen molar-refractivity contribution in [1.29, 1.82) is 0 Å². The molecular formula is C17H12FNO4. The van der Waals surface area contributed by atoms with E-state index in [-0.39, 0.29) is 17.4 Å². The quantitative estimate of drug-likeness (QED) is 0.779. The number of halogens is 1. The predicted molar refractivity (Wildman–Crippen MR) is 82.3 cm³/mol. The van der Waals surface area contributed by atoms with E-state index in [4.69, 9.17) is 0 Å². The Kier molecular flexibility index (Phi) is 3.57. The molecule has 116 valence electrons. The van der Waals surface area contributed by atoms with Crippen molar-refractivity contribution in [1.82, 2.24) is 4.57 Å². The highest BCUT2D eigenvalue weighted by Gasteiger charge is 2.22. The number of aromatic carboxylic acids is 1. The van der Waals surface area contributed by atoms with Crippen LogP contribution in [0.4, 0.5) is 4.39 Å². The lowest BCUT2D eigenvalue weighted by atomic mass is 10.1. The lowest BCUT2D eigenvalue weighted by Gasteiger charge is -2.13. The maximum Gasteiger partial charge on any atom is 0.345 e. The molecule has 0 amide bonds. The highest BCUT2D eigenvalue weighted by atomic mass is 19.1. The van der Waals surface area contributed by atoms with Gasteiger partial charge in [-0.3, -0.25) is 4.79 Å². The van der Waals surface area contributed by atoms with Crippen molar-refractivity contribution < 1.29 is 19.4 Å². The fourth-order valence-corrected chi connectivity index (χ4v) is 2.53. The van der Waals surface area contributed by atoms with Crippen molar-refractivity contribution in [2.24, 2.45) is 0 Å². The molecule has 0 aliphatic heterocycles. The third-order valence-electron chi connectivity index (χ3n) is 3.60. The van der Waals surface area contributed by atoms with E-state index >= 15 is 0 Å². The summed E-state index contributed by atoms with van der Waals surface area (Å²) in [4.78, 5) is 23.8.